The second kappa shape index (κ2) is 11.3. The minimum Gasteiger partial charge on any atom is -0.497 e. The number of hydrogen-bond acceptors (Lipinski definition) is 6. The molecule has 8 heteroatoms. The van der Waals surface area contributed by atoms with Gasteiger partial charge in [0.25, 0.3) is 0 Å². The van der Waals surface area contributed by atoms with E-state index in [1.807, 2.05) is 0 Å². The number of ether oxygens (including phenoxy) is 3. The molecule has 1 aliphatic heterocycles. The van der Waals surface area contributed by atoms with Crippen molar-refractivity contribution in [1.82, 2.24) is 15.5 Å². The summed E-state index contributed by atoms with van der Waals surface area (Å²) in [5, 5.41) is 5.17. The van der Waals surface area contributed by atoms with E-state index in [1.54, 1.807) is 31.4 Å². The highest BCUT2D eigenvalue weighted by Crippen LogP contribution is 2.16. The van der Waals surface area contributed by atoms with Crippen molar-refractivity contribution in [3.05, 3.63) is 24.3 Å². The molecule has 26 heavy (non-hydrogen) atoms. The van der Waals surface area contributed by atoms with E-state index < -0.39 is 11.8 Å². The molecular formula is C18H27N3O5. The molecule has 0 atom stereocenters. The lowest BCUT2D eigenvalue weighted by Gasteiger charge is -2.26. The molecule has 0 unspecified atom stereocenters. The van der Waals surface area contributed by atoms with Crippen LogP contribution in [0.15, 0.2) is 24.3 Å². The van der Waals surface area contributed by atoms with Crippen molar-refractivity contribution in [3.63, 3.8) is 0 Å². The summed E-state index contributed by atoms with van der Waals surface area (Å²) in [6.07, 6.45) is 0.805. The lowest BCUT2D eigenvalue weighted by atomic mass is 10.3. The summed E-state index contributed by atoms with van der Waals surface area (Å²) in [6, 6.07) is 7.14. The van der Waals surface area contributed by atoms with Gasteiger partial charge in [-0.25, -0.2) is 0 Å². The van der Waals surface area contributed by atoms with E-state index in [9.17, 15) is 9.59 Å². The maximum Gasteiger partial charge on any atom is 0.309 e. The number of nitrogens with one attached hydrogen (secondary N) is 2. The lowest BCUT2D eigenvalue weighted by molar-refractivity contribution is -0.139. The Hall–Kier alpha value is -2.32. The SMILES string of the molecule is COc1ccc(OCCNC(=O)C(=O)NCCCN2CCOCC2)cc1. The molecule has 2 rings (SSSR count). The molecule has 144 valence electrons. The Morgan fingerprint density at radius 1 is 1.04 bits per heavy atom. The average Bonchev–Trinajstić information content (AvgIpc) is 2.69. The molecule has 0 aromatic heterocycles. The van der Waals surface area contributed by atoms with Crippen molar-refractivity contribution in [3.8, 4) is 11.5 Å². The summed E-state index contributed by atoms with van der Waals surface area (Å²) < 4.78 is 15.8. The third-order valence-electron chi connectivity index (χ3n) is 3.96. The van der Waals surface area contributed by atoms with Gasteiger partial charge >= 0.3 is 11.8 Å². The molecule has 8 nitrogen and oxygen atoms in total. The van der Waals surface area contributed by atoms with E-state index in [2.05, 4.69) is 15.5 Å². The van der Waals surface area contributed by atoms with Crippen molar-refractivity contribution in [1.29, 1.82) is 0 Å². The summed E-state index contributed by atoms with van der Waals surface area (Å²) in [4.78, 5) is 25.7. The largest absolute Gasteiger partial charge is 0.497 e. The number of amides is 2. The zero-order valence-corrected chi connectivity index (χ0v) is 15.2. The van der Waals surface area contributed by atoms with Gasteiger partial charge in [0, 0.05) is 19.6 Å². The van der Waals surface area contributed by atoms with Gasteiger partial charge in [0.1, 0.15) is 18.1 Å². The van der Waals surface area contributed by atoms with Gasteiger partial charge < -0.3 is 24.8 Å². The summed E-state index contributed by atoms with van der Waals surface area (Å²) in [6.45, 7) is 5.26. The van der Waals surface area contributed by atoms with Crippen molar-refractivity contribution in [2.24, 2.45) is 0 Å². The van der Waals surface area contributed by atoms with Crippen molar-refractivity contribution in [2.75, 3.05) is 59.7 Å². The summed E-state index contributed by atoms with van der Waals surface area (Å²) in [5.74, 6) is 0.162. The van der Waals surface area contributed by atoms with Crippen LogP contribution in [-0.2, 0) is 14.3 Å². The standard InChI is InChI=1S/C18H27N3O5/c1-24-15-3-5-16(6-4-15)26-12-8-20-18(23)17(22)19-7-2-9-21-10-13-25-14-11-21/h3-6H,2,7-14H2,1H3,(H,19,22)(H,20,23). The van der Waals surface area contributed by atoms with Crippen LogP contribution in [0.4, 0.5) is 0 Å². The van der Waals surface area contributed by atoms with Crippen molar-refractivity contribution < 1.29 is 23.8 Å². The van der Waals surface area contributed by atoms with Crippen LogP contribution < -0.4 is 20.1 Å². The number of hydrogen-bond donors (Lipinski definition) is 2. The van der Waals surface area contributed by atoms with Gasteiger partial charge in [0.15, 0.2) is 0 Å². The van der Waals surface area contributed by atoms with Gasteiger partial charge in [-0.05, 0) is 37.2 Å². The maximum absolute atomic E-state index is 11.7. The zero-order valence-electron chi connectivity index (χ0n) is 15.2. The van der Waals surface area contributed by atoms with Crippen LogP contribution in [0.1, 0.15) is 6.42 Å². The molecule has 2 N–H and O–H groups in total. The van der Waals surface area contributed by atoms with Crippen LogP contribution in [0.25, 0.3) is 0 Å². The molecule has 1 saturated heterocycles. The lowest BCUT2D eigenvalue weighted by Crippen LogP contribution is -2.42. The van der Waals surface area contributed by atoms with E-state index in [4.69, 9.17) is 14.2 Å². The number of rotatable bonds is 9. The Kier molecular flexibility index (Phi) is 8.71. The van der Waals surface area contributed by atoms with Crippen LogP contribution in [0.2, 0.25) is 0 Å². The predicted molar refractivity (Wildman–Crippen MR) is 96.4 cm³/mol. The Morgan fingerprint density at radius 2 is 1.65 bits per heavy atom. The van der Waals surface area contributed by atoms with Crippen LogP contribution in [-0.4, -0.2) is 76.4 Å². The van der Waals surface area contributed by atoms with Crippen LogP contribution in [0.3, 0.4) is 0 Å². The maximum atomic E-state index is 11.7. The Morgan fingerprint density at radius 3 is 2.31 bits per heavy atom. The molecule has 0 radical (unpaired) electrons. The summed E-state index contributed by atoms with van der Waals surface area (Å²) in [7, 11) is 1.60. The van der Waals surface area contributed by atoms with E-state index >= 15 is 0 Å². The molecule has 1 heterocycles. The quantitative estimate of drug-likeness (QED) is 0.474. The van der Waals surface area contributed by atoms with Gasteiger partial charge in [-0.2, -0.15) is 0 Å². The van der Waals surface area contributed by atoms with E-state index in [1.165, 1.54) is 0 Å². The van der Waals surface area contributed by atoms with Crippen LogP contribution in [0.5, 0.6) is 11.5 Å². The fraction of sp³-hybridized carbons (Fsp3) is 0.556. The molecular weight excluding hydrogens is 338 g/mol. The minimum absolute atomic E-state index is 0.256. The van der Waals surface area contributed by atoms with Gasteiger partial charge in [-0.1, -0.05) is 0 Å². The number of nitrogens with zero attached hydrogens (tertiary/aromatic N) is 1. The molecule has 2 amide bonds. The molecule has 0 bridgehead atoms. The Bertz CT molecular complexity index is 558. The smallest absolute Gasteiger partial charge is 0.309 e. The number of methoxy groups -OCH3 is 1. The normalized spacial score (nSPS) is 14.5. The molecule has 1 fully saturated rings. The van der Waals surface area contributed by atoms with Gasteiger partial charge in [0.05, 0.1) is 26.9 Å². The second-order valence-corrected chi connectivity index (χ2v) is 5.84. The highest BCUT2D eigenvalue weighted by atomic mass is 16.5. The van der Waals surface area contributed by atoms with Crippen molar-refractivity contribution >= 4 is 11.8 Å². The first-order valence-electron chi connectivity index (χ1n) is 8.82. The molecule has 1 aliphatic rings. The average molecular weight is 365 g/mol. The second-order valence-electron chi connectivity index (χ2n) is 5.84. The van der Waals surface area contributed by atoms with Crippen LogP contribution in [0, 0.1) is 0 Å². The first-order chi connectivity index (χ1) is 12.7. The Labute approximate surface area is 153 Å². The monoisotopic (exact) mass is 365 g/mol. The van der Waals surface area contributed by atoms with Crippen LogP contribution >= 0.6 is 0 Å². The van der Waals surface area contributed by atoms with E-state index in [0.717, 1.165) is 45.0 Å². The first kappa shape index (κ1) is 20.0. The minimum atomic E-state index is -0.644. The van der Waals surface area contributed by atoms with Gasteiger partial charge in [-0.15, -0.1) is 0 Å². The number of carbonyl (C=O) groups is 2. The summed E-state index contributed by atoms with van der Waals surface area (Å²) >= 11 is 0. The molecule has 0 aliphatic carbocycles. The fourth-order valence-corrected chi connectivity index (χ4v) is 2.50. The number of morpholine rings is 1. The Balaban J connectivity index is 1.51. The van der Waals surface area contributed by atoms with Crippen molar-refractivity contribution in [2.45, 2.75) is 6.42 Å². The highest BCUT2D eigenvalue weighted by Gasteiger charge is 2.13. The fourth-order valence-electron chi connectivity index (χ4n) is 2.50. The van der Waals surface area contributed by atoms with E-state index in [0.29, 0.717) is 12.3 Å². The third kappa shape index (κ3) is 7.28. The third-order valence-corrected chi connectivity index (χ3v) is 3.96. The van der Waals surface area contributed by atoms with Gasteiger partial charge in [0.2, 0.25) is 0 Å². The summed E-state index contributed by atoms with van der Waals surface area (Å²) in [5.41, 5.74) is 0. The topological polar surface area (TPSA) is 89.1 Å². The molecule has 1 aromatic rings. The molecule has 1 aromatic carbocycles. The zero-order chi connectivity index (χ0) is 18.6. The predicted octanol–water partition coefficient (Wildman–Crippen LogP) is 0.0287. The molecule has 0 spiro atoms. The van der Waals surface area contributed by atoms with Gasteiger partial charge in [-0.3, -0.25) is 14.5 Å². The highest BCUT2D eigenvalue weighted by molar-refractivity contribution is 6.35. The first-order valence-corrected chi connectivity index (χ1v) is 8.82. The van der Waals surface area contributed by atoms with E-state index in [-0.39, 0.29) is 13.2 Å². The number of benzene rings is 1. The number of carbonyl (C=O) groups excluding carboxylic acids is 2. The molecule has 0 saturated carbocycles.